The van der Waals surface area contributed by atoms with Crippen molar-refractivity contribution >= 4 is 17.7 Å². The molecular weight excluding hydrogens is 325 g/mol. The fourth-order valence-corrected chi connectivity index (χ4v) is 2.64. The zero-order valence-corrected chi connectivity index (χ0v) is 14.0. The van der Waals surface area contributed by atoms with E-state index in [-0.39, 0.29) is 5.91 Å². The van der Waals surface area contributed by atoms with Gasteiger partial charge in [0, 0.05) is 12.1 Å². The van der Waals surface area contributed by atoms with Crippen LogP contribution < -0.4 is 19.1 Å². The molecule has 2 aromatic rings. The number of rotatable bonds is 4. The molecule has 0 aromatic heterocycles. The van der Waals surface area contributed by atoms with E-state index in [1.54, 1.807) is 43.4 Å². The topological polar surface area (TPSA) is 48.0 Å². The largest absolute Gasteiger partial charge is 0.493 e. The SMILES string of the molecule is COc1ccc(/C=C/C(=O)N2CCOc3cc(F)ccc32)cc1OC. The van der Waals surface area contributed by atoms with Gasteiger partial charge in [-0.15, -0.1) is 0 Å². The smallest absolute Gasteiger partial charge is 0.251 e. The van der Waals surface area contributed by atoms with E-state index in [0.29, 0.717) is 36.1 Å². The molecule has 1 aliphatic rings. The van der Waals surface area contributed by atoms with E-state index >= 15 is 0 Å². The third-order valence-corrected chi connectivity index (χ3v) is 3.88. The molecule has 0 saturated carbocycles. The van der Waals surface area contributed by atoms with E-state index in [4.69, 9.17) is 14.2 Å². The molecule has 0 fully saturated rings. The average Bonchev–Trinajstić information content (AvgIpc) is 2.65. The zero-order valence-electron chi connectivity index (χ0n) is 14.0. The molecule has 25 heavy (non-hydrogen) atoms. The maximum Gasteiger partial charge on any atom is 0.251 e. The number of carbonyl (C=O) groups excluding carboxylic acids is 1. The van der Waals surface area contributed by atoms with Crippen LogP contribution >= 0.6 is 0 Å². The lowest BCUT2D eigenvalue weighted by Crippen LogP contribution is -2.36. The molecule has 0 spiro atoms. The molecule has 0 bridgehead atoms. The van der Waals surface area contributed by atoms with Crippen LogP contribution in [0.15, 0.2) is 42.5 Å². The minimum Gasteiger partial charge on any atom is -0.493 e. The maximum atomic E-state index is 13.3. The number of carbonyl (C=O) groups is 1. The fourth-order valence-electron chi connectivity index (χ4n) is 2.64. The highest BCUT2D eigenvalue weighted by Crippen LogP contribution is 2.32. The van der Waals surface area contributed by atoms with Crippen LogP contribution in [0.5, 0.6) is 17.2 Å². The van der Waals surface area contributed by atoms with Gasteiger partial charge in [0.05, 0.1) is 26.5 Å². The van der Waals surface area contributed by atoms with Crippen LogP contribution in [0.25, 0.3) is 6.08 Å². The van der Waals surface area contributed by atoms with E-state index in [0.717, 1.165) is 5.56 Å². The standard InChI is InChI=1S/C19H18FNO4/c1-23-16-7-3-13(11-18(16)24-2)4-8-19(22)21-9-10-25-17-12-14(20)5-6-15(17)21/h3-8,11-12H,9-10H2,1-2H3/b8-4+. The summed E-state index contributed by atoms with van der Waals surface area (Å²) in [4.78, 5) is 14.1. The van der Waals surface area contributed by atoms with Crippen molar-refractivity contribution in [1.29, 1.82) is 0 Å². The van der Waals surface area contributed by atoms with Crippen molar-refractivity contribution in [2.75, 3.05) is 32.3 Å². The summed E-state index contributed by atoms with van der Waals surface area (Å²) in [6.07, 6.45) is 3.17. The highest BCUT2D eigenvalue weighted by atomic mass is 19.1. The molecule has 0 atom stereocenters. The van der Waals surface area contributed by atoms with Gasteiger partial charge in [0.15, 0.2) is 11.5 Å². The first-order chi connectivity index (χ1) is 12.1. The summed E-state index contributed by atoms with van der Waals surface area (Å²) in [5.41, 5.74) is 1.37. The van der Waals surface area contributed by atoms with E-state index in [1.165, 1.54) is 18.2 Å². The lowest BCUT2D eigenvalue weighted by molar-refractivity contribution is -0.114. The summed E-state index contributed by atoms with van der Waals surface area (Å²) < 4.78 is 29.2. The third kappa shape index (κ3) is 3.57. The lowest BCUT2D eigenvalue weighted by atomic mass is 10.1. The second-order valence-electron chi connectivity index (χ2n) is 5.40. The Labute approximate surface area is 145 Å². The molecule has 3 rings (SSSR count). The Hall–Kier alpha value is -3.02. The molecular formula is C19H18FNO4. The number of halogens is 1. The molecule has 1 aliphatic heterocycles. The normalized spacial score (nSPS) is 13.3. The molecule has 5 nitrogen and oxygen atoms in total. The molecule has 0 saturated heterocycles. The average molecular weight is 343 g/mol. The van der Waals surface area contributed by atoms with Gasteiger partial charge in [0.1, 0.15) is 18.2 Å². The van der Waals surface area contributed by atoms with Gasteiger partial charge in [-0.25, -0.2) is 4.39 Å². The van der Waals surface area contributed by atoms with Crippen LogP contribution in [0.2, 0.25) is 0 Å². The minimum atomic E-state index is -0.395. The van der Waals surface area contributed by atoms with Crippen molar-refractivity contribution in [2.24, 2.45) is 0 Å². The van der Waals surface area contributed by atoms with E-state index in [1.807, 2.05) is 6.07 Å². The fraction of sp³-hybridized carbons (Fsp3) is 0.211. The van der Waals surface area contributed by atoms with Crippen LogP contribution in [0.3, 0.4) is 0 Å². The zero-order chi connectivity index (χ0) is 17.8. The summed E-state index contributed by atoms with van der Waals surface area (Å²) in [6, 6.07) is 9.53. The third-order valence-electron chi connectivity index (χ3n) is 3.88. The molecule has 2 aromatic carbocycles. The first-order valence-corrected chi connectivity index (χ1v) is 7.76. The Balaban J connectivity index is 1.80. The summed E-state index contributed by atoms with van der Waals surface area (Å²) >= 11 is 0. The molecule has 0 N–H and O–H groups in total. The Bertz CT molecular complexity index is 819. The Morgan fingerprint density at radius 3 is 2.72 bits per heavy atom. The van der Waals surface area contributed by atoms with Gasteiger partial charge in [-0.3, -0.25) is 4.79 Å². The Kier molecular flexibility index (Phi) is 4.88. The molecule has 1 amide bonds. The monoisotopic (exact) mass is 343 g/mol. The molecule has 0 radical (unpaired) electrons. The highest BCUT2D eigenvalue weighted by molar-refractivity contribution is 6.05. The number of fused-ring (bicyclic) bond motifs is 1. The number of benzene rings is 2. The summed E-state index contributed by atoms with van der Waals surface area (Å²) in [6.45, 7) is 0.736. The Morgan fingerprint density at radius 2 is 1.96 bits per heavy atom. The maximum absolute atomic E-state index is 13.3. The van der Waals surface area contributed by atoms with Crippen molar-refractivity contribution in [2.45, 2.75) is 0 Å². The van der Waals surface area contributed by atoms with Crippen molar-refractivity contribution in [3.63, 3.8) is 0 Å². The predicted octanol–water partition coefficient (Wildman–Crippen LogP) is 3.28. The Morgan fingerprint density at radius 1 is 1.16 bits per heavy atom. The van der Waals surface area contributed by atoms with Crippen molar-refractivity contribution in [1.82, 2.24) is 0 Å². The number of methoxy groups -OCH3 is 2. The van der Waals surface area contributed by atoms with Gasteiger partial charge in [0.25, 0.3) is 5.91 Å². The summed E-state index contributed by atoms with van der Waals surface area (Å²) in [5.74, 6) is 0.985. The van der Waals surface area contributed by atoms with Crippen LogP contribution in [0, 0.1) is 5.82 Å². The summed E-state index contributed by atoms with van der Waals surface area (Å²) in [5, 5.41) is 0. The van der Waals surface area contributed by atoms with Gasteiger partial charge in [-0.2, -0.15) is 0 Å². The number of hydrogen-bond acceptors (Lipinski definition) is 4. The summed E-state index contributed by atoms with van der Waals surface area (Å²) in [7, 11) is 3.12. The molecule has 130 valence electrons. The van der Waals surface area contributed by atoms with Crippen LogP contribution in [-0.2, 0) is 4.79 Å². The minimum absolute atomic E-state index is 0.203. The first kappa shape index (κ1) is 16.8. The van der Waals surface area contributed by atoms with Crippen LogP contribution in [0.4, 0.5) is 10.1 Å². The second-order valence-corrected chi connectivity index (χ2v) is 5.40. The lowest BCUT2D eigenvalue weighted by Gasteiger charge is -2.28. The number of amides is 1. The molecule has 0 unspecified atom stereocenters. The number of hydrogen-bond donors (Lipinski definition) is 0. The molecule has 1 heterocycles. The van der Waals surface area contributed by atoms with Gasteiger partial charge < -0.3 is 19.1 Å². The van der Waals surface area contributed by atoms with Gasteiger partial charge in [-0.1, -0.05) is 6.07 Å². The van der Waals surface area contributed by atoms with Crippen LogP contribution in [-0.4, -0.2) is 33.3 Å². The quantitative estimate of drug-likeness (QED) is 0.800. The second kappa shape index (κ2) is 7.25. The van der Waals surface area contributed by atoms with Gasteiger partial charge in [-0.05, 0) is 35.9 Å². The van der Waals surface area contributed by atoms with Crippen molar-refractivity contribution in [3.8, 4) is 17.2 Å². The molecule has 6 heteroatoms. The van der Waals surface area contributed by atoms with Crippen molar-refractivity contribution < 1.29 is 23.4 Å². The molecule has 0 aliphatic carbocycles. The highest BCUT2D eigenvalue weighted by Gasteiger charge is 2.22. The van der Waals surface area contributed by atoms with Gasteiger partial charge >= 0.3 is 0 Å². The first-order valence-electron chi connectivity index (χ1n) is 7.76. The van der Waals surface area contributed by atoms with E-state index < -0.39 is 5.82 Å². The number of ether oxygens (including phenoxy) is 3. The number of anilines is 1. The number of nitrogens with zero attached hydrogens (tertiary/aromatic N) is 1. The van der Waals surface area contributed by atoms with Crippen LogP contribution in [0.1, 0.15) is 5.56 Å². The predicted molar refractivity (Wildman–Crippen MR) is 92.8 cm³/mol. The van der Waals surface area contributed by atoms with E-state index in [2.05, 4.69) is 0 Å². The van der Waals surface area contributed by atoms with Crippen molar-refractivity contribution in [3.05, 3.63) is 53.9 Å². The van der Waals surface area contributed by atoms with E-state index in [9.17, 15) is 9.18 Å². The van der Waals surface area contributed by atoms with Gasteiger partial charge in [0.2, 0.25) is 0 Å².